The largest absolute Gasteiger partial charge is 0.419 e. The van der Waals surface area contributed by atoms with Crippen LogP contribution in [-0.4, -0.2) is 63.6 Å². The summed E-state index contributed by atoms with van der Waals surface area (Å²) >= 11 is 0. The van der Waals surface area contributed by atoms with Crippen molar-refractivity contribution in [3.63, 3.8) is 0 Å². The molecule has 0 radical (unpaired) electrons. The number of carbonyl (C=O) groups is 1. The summed E-state index contributed by atoms with van der Waals surface area (Å²) in [5.41, 5.74) is 0.267. The Morgan fingerprint density at radius 3 is 2.50 bits per heavy atom. The van der Waals surface area contributed by atoms with Gasteiger partial charge in [-0.25, -0.2) is 14.4 Å². The molecule has 4 atom stereocenters. The lowest BCUT2D eigenvalue weighted by Crippen LogP contribution is -2.53. The molecule has 1 amide bonds. The third kappa shape index (κ3) is 4.98. The van der Waals surface area contributed by atoms with Crippen molar-refractivity contribution in [1.82, 2.24) is 20.2 Å². The maximum absolute atomic E-state index is 14.6. The van der Waals surface area contributed by atoms with Gasteiger partial charge in [-0.05, 0) is 56.7 Å². The van der Waals surface area contributed by atoms with Crippen molar-refractivity contribution in [2.45, 2.75) is 75.7 Å². The number of rotatable bonds is 4. The molecule has 0 spiro atoms. The zero-order valence-corrected chi connectivity index (χ0v) is 21.7. The molecule has 38 heavy (non-hydrogen) atoms. The van der Waals surface area contributed by atoms with Crippen LogP contribution < -0.4 is 10.2 Å². The van der Waals surface area contributed by atoms with Crippen molar-refractivity contribution in [3.05, 3.63) is 52.7 Å². The zero-order chi connectivity index (χ0) is 27.4. The van der Waals surface area contributed by atoms with Gasteiger partial charge in [0.2, 0.25) is 5.91 Å². The van der Waals surface area contributed by atoms with E-state index in [2.05, 4.69) is 20.2 Å². The van der Waals surface area contributed by atoms with E-state index in [-0.39, 0.29) is 29.0 Å². The summed E-state index contributed by atoms with van der Waals surface area (Å²) in [5, 5.41) is 13.8. The molecular formula is C27H33F4N5O2. The van der Waals surface area contributed by atoms with Gasteiger partial charge in [-0.1, -0.05) is 13.0 Å². The lowest BCUT2D eigenvalue weighted by Gasteiger charge is -2.39. The minimum atomic E-state index is -4.80. The standard InChI is InChI=1S/C27H33F4N5O2/c1-15-12-20(37)23-21(15)24(33-14-32-23)35-8-10-36(11-9-35)25(38)22(19-6-7-26(2,3)34-19)16-4-5-17(18(28)13-16)27(29,30)31/h4-5,13-15,19-20,22,34,37H,6-12H2,1-3H3/t15-,19?,20-,22?/m1/s1. The van der Waals surface area contributed by atoms with Crippen LogP contribution in [0.25, 0.3) is 0 Å². The monoisotopic (exact) mass is 535 g/mol. The lowest BCUT2D eigenvalue weighted by atomic mass is 9.88. The predicted molar refractivity (Wildman–Crippen MR) is 133 cm³/mol. The Labute approximate surface area is 219 Å². The van der Waals surface area contributed by atoms with Crippen LogP contribution in [0.15, 0.2) is 24.5 Å². The van der Waals surface area contributed by atoms with Crippen molar-refractivity contribution >= 4 is 11.7 Å². The zero-order valence-electron chi connectivity index (χ0n) is 21.7. The number of anilines is 1. The molecule has 11 heteroatoms. The number of benzene rings is 1. The molecule has 2 saturated heterocycles. The molecule has 2 aliphatic heterocycles. The fourth-order valence-electron chi connectivity index (χ4n) is 6.20. The van der Waals surface area contributed by atoms with E-state index in [1.165, 1.54) is 12.4 Å². The van der Waals surface area contributed by atoms with Crippen molar-refractivity contribution in [2.75, 3.05) is 31.1 Å². The average Bonchev–Trinajstić information content (AvgIpc) is 3.36. The van der Waals surface area contributed by atoms with Gasteiger partial charge in [0.1, 0.15) is 18.0 Å². The Bertz CT molecular complexity index is 1210. The van der Waals surface area contributed by atoms with Gasteiger partial charge in [-0.3, -0.25) is 4.79 Å². The van der Waals surface area contributed by atoms with Crippen LogP contribution in [0.1, 0.15) is 80.4 Å². The second-order valence-corrected chi connectivity index (χ2v) is 11.3. The predicted octanol–water partition coefficient (Wildman–Crippen LogP) is 4.14. The van der Waals surface area contributed by atoms with Crippen LogP contribution in [0.4, 0.5) is 23.4 Å². The molecule has 3 heterocycles. The number of hydrogen-bond acceptors (Lipinski definition) is 6. The number of nitrogens with zero attached hydrogens (tertiary/aromatic N) is 4. The number of nitrogens with one attached hydrogen (secondary N) is 1. The van der Waals surface area contributed by atoms with Gasteiger partial charge in [0, 0.05) is 43.3 Å². The van der Waals surface area contributed by atoms with E-state index in [4.69, 9.17) is 0 Å². The van der Waals surface area contributed by atoms with Crippen molar-refractivity contribution in [2.24, 2.45) is 0 Å². The minimum absolute atomic E-state index is 0.117. The Morgan fingerprint density at radius 1 is 1.18 bits per heavy atom. The van der Waals surface area contributed by atoms with E-state index < -0.39 is 29.6 Å². The normalized spacial score (nSPS) is 25.9. The number of alkyl halides is 3. The molecule has 0 saturated carbocycles. The van der Waals surface area contributed by atoms with Crippen LogP contribution in [0, 0.1) is 5.82 Å². The molecule has 3 aliphatic rings. The van der Waals surface area contributed by atoms with E-state index in [0.29, 0.717) is 44.7 Å². The number of aliphatic hydroxyl groups is 1. The van der Waals surface area contributed by atoms with Crippen LogP contribution in [0.2, 0.25) is 0 Å². The minimum Gasteiger partial charge on any atom is -0.387 e. The van der Waals surface area contributed by atoms with Gasteiger partial charge < -0.3 is 20.2 Å². The Hall–Kier alpha value is -2.79. The summed E-state index contributed by atoms with van der Waals surface area (Å²) < 4.78 is 54.1. The van der Waals surface area contributed by atoms with E-state index in [0.717, 1.165) is 29.9 Å². The smallest absolute Gasteiger partial charge is 0.387 e. The first-order valence-electron chi connectivity index (χ1n) is 13.1. The second-order valence-electron chi connectivity index (χ2n) is 11.3. The Kier molecular flexibility index (Phi) is 6.88. The van der Waals surface area contributed by atoms with E-state index in [9.17, 15) is 27.5 Å². The Morgan fingerprint density at radius 2 is 1.89 bits per heavy atom. The number of amides is 1. The number of carbonyl (C=O) groups excluding carboxylic acids is 1. The highest BCUT2D eigenvalue weighted by molar-refractivity contribution is 5.85. The second kappa shape index (κ2) is 9.75. The SMILES string of the molecule is C[C@@H]1C[C@@H](O)c2ncnc(N3CCN(C(=O)C(c4ccc(C(F)(F)F)c(F)c4)C4CCC(C)(C)N4)CC3)c21. The quantitative estimate of drug-likeness (QED) is 0.573. The van der Waals surface area contributed by atoms with Crippen molar-refractivity contribution < 1.29 is 27.5 Å². The van der Waals surface area contributed by atoms with E-state index in [1.54, 1.807) is 4.90 Å². The Balaban J connectivity index is 1.37. The van der Waals surface area contributed by atoms with Crippen molar-refractivity contribution in [1.29, 1.82) is 0 Å². The van der Waals surface area contributed by atoms with Gasteiger partial charge in [-0.2, -0.15) is 13.2 Å². The fraction of sp³-hybridized carbons (Fsp3) is 0.593. The third-order valence-corrected chi connectivity index (χ3v) is 8.15. The summed E-state index contributed by atoms with van der Waals surface area (Å²) in [5.74, 6) is -1.52. The molecule has 1 aromatic carbocycles. The first-order chi connectivity index (χ1) is 17.9. The van der Waals surface area contributed by atoms with Crippen LogP contribution in [-0.2, 0) is 11.0 Å². The lowest BCUT2D eigenvalue weighted by molar-refractivity contribution is -0.140. The third-order valence-electron chi connectivity index (χ3n) is 8.15. The molecule has 1 aromatic heterocycles. The maximum atomic E-state index is 14.6. The van der Waals surface area contributed by atoms with Crippen LogP contribution >= 0.6 is 0 Å². The molecule has 1 aliphatic carbocycles. The van der Waals surface area contributed by atoms with Gasteiger partial charge in [0.25, 0.3) is 0 Å². The highest BCUT2D eigenvalue weighted by Crippen LogP contribution is 2.43. The number of hydrogen-bond donors (Lipinski definition) is 2. The fourth-order valence-corrected chi connectivity index (χ4v) is 6.20. The van der Waals surface area contributed by atoms with Crippen LogP contribution in [0.3, 0.4) is 0 Å². The van der Waals surface area contributed by atoms with Gasteiger partial charge in [0.05, 0.1) is 23.3 Å². The topological polar surface area (TPSA) is 81.6 Å². The molecule has 2 unspecified atom stereocenters. The average molecular weight is 536 g/mol. The molecule has 2 aromatic rings. The summed E-state index contributed by atoms with van der Waals surface area (Å²) in [4.78, 5) is 26.4. The van der Waals surface area contributed by atoms with Crippen molar-refractivity contribution in [3.8, 4) is 0 Å². The first kappa shape index (κ1) is 26.8. The maximum Gasteiger partial charge on any atom is 0.419 e. The van der Waals surface area contributed by atoms with E-state index >= 15 is 0 Å². The highest BCUT2D eigenvalue weighted by atomic mass is 19.4. The molecular weight excluding hydrogens is 502 g/mol. The molecule has 0 bridgehead atoms. The van der Waals surface area contributed by atoms with Crippen LogP contribution in [0.5, 0.6) is 0 Å². The number of aromatic nitrogens is 2. The number of aliphatic hydroxyl groups excluding tert-OH is 1. The van der Waals surface area contributed by atoms with Gasteiger partial charge >= 0.3 is 6.18 Å². The van der Waals surface area contributed by atoms with Gasteiger partial charge in [-0.15, -0.1) is 0 Å². The number of halogens is 4. The highest BCUT2D eigenvalue weighted by Gasteiger charge is 2.42. The van der Waals surface area contributed by atoms with Gasteiger partial charge in [0.15, 0.2) is 0 Å². The number of fused-ring (bicyclic) bond motifs is 1. The molecule has 7 nitrogen and oxygen atoms in total. The summed E-state index contributed by atoms with van der Waals surface area (Å²) in [6, 6.07) is 2.51. The molecule has 2 N–H and O–H groups in total. The first-order valence-corrected chi connectivity index (χ1v) is 13.1. The summed E-state index contributed by atoms with van der Waals surface area (Å²) in [6.07, 6.45) is -1.93. The van der Waals surface area contributed by atoms with E-state index in [1.807, 2.05) is 20.8 Å². The molecule has 206 valence electrons. The number of piperazine rings is 1. The molecule has 5 rings (SSSR count). The molecule has 2 fully saturated rings. The summed E-state index contributed by atoms with van der Waals surface area (Å²) in [6.45, 7) is 7.86. The summed E-state index contributed by atoms with van der Waals surface area (Å²) in [7, 11) is 0.